The smallest absolute Gasteiger partial charge is 0.202 e. The second kappa shape index (κ2) is 6.07. The molecule has 2 nitrogen and oxygen atoms in total. The molecule has 14 heavy (non-hydrogen) atoms. The van der Waals surface area contributed by atoms with Crippen LogP contribution in [0.1, 0.15) is 46.5 Å². The second-order valence-electron chi connectivity index (χ2n) is 3.89. The zero-order chi connectivity index (χ0) is 10.4. The average molecular weight is 198 g/mol. The first-order valence-electron chi connectivity index (χ1n) is 5.73. The normalized spacial score (nSPS) is 26.9. The molecule has 2 heteroatoms. The number of hydrogen-bond donors (Lipinski definition) is 0. The van der Waals surface area contributed by atoms with Crippen molar-refractivity contribution in [1.82, 2.24) is 0 Å². The number of hydrogen-bond acceptors (Lipinski definition) is 2. The van der Waals surface area contributed by atoms with Crippen molar-refractivity contribution in [1.29, 1.82) is 0 Å². The van der Waals surface area contributed by atoms with Gasteiger partial charge in [0.25, 0.3) is 0 Å². The molecular formula is C12H22O2. The lowest BCUT2D eigenvalue weighted by atomic mass is 9.96. The van der Waals surface area contributed by atoms with Crippen molar-refractivity contribution >= 4 is 0 Å². The summed E-state index contributed by atoms with van der Waals surface area (Å²) in [5, 5.41) is 0. The largest absolute Gasteiger partial charge is 0.470 e. The van der Waals surface area contributed by atoms with E-state index in [9.17, 15) is 0 Å². The lowest BCUT2D eigenvalue weighted by Gasteiger charge is -2.30. The van der Waals surface area contributed by atoms with Gasteiger partial charge in [0, 0.05) is 12.5 Å². The van der Waals surface area contributed by atoms with Crippen LogP contribution in [0.25, 0.3) is 0 Å². The summed E-state index contributed by atoms with van der Waals surface area (Å²) < 4.78 is 11.3. The molecule has 0 amide bonds. The van der Waals surface area contributed by atoms with Crippen LogP contribution in [0, 0.1) is 5.92 Å². The quantitative estimate of drug-likeness (QED) is 0.673. The number of allylic oxidation sites excluding steroid dienone is 2. The third kappa shape index (κ3) is 3.33. The summed E-state index contributed by atoms with van der Waals surface area (Å²) in [5.74, 6) is 1.56. The lowest BCUT2D eigenvalue weighted by Crippen LogP contribution is -2.29. The highest BCUT2D eigenvalue weighted by Crippen LogP contribution is 2.27. The minimum absolute atomic E-state index is 0.00319. The molecule has 0 aromatic heterocycles. The van der Waals surface area contributed by atoms with Gasteiger partial charge in [0.05, 0.1) is 5.76 Å². The van der Waals surface area contributed by atoms with E-state index in [1.54, 1.807) is 0 Å². The first-order valence-corrected chi connectivity index (χ1v) is 5.73. The van der Waals surface area contributed by atoms with Gasteiger partial charge in [-0.05, 0) is 32.8 Å². The maximum atomic E-state index is 5.68. The van der Waals surface area contributed by atoms with Crippen LogP contribution in [0.3, 0.4) is 0 Å². The van der Waals surface area contributed by atoms with Crippen LogP contribution >= 0.6 is 0 Å². The molecule has 2 unspecified atom stereocenters. The molecule has 1 heterocycles. The van der Waals surface area contributed by atoms with Gasteiger partial charge in [0.1, 0.15) is 0 Å². The van der Waals surface area contributed by atoms with E-state index in [4.69, 9.17) is 9.47 Å². The minimum atomic E-state index is -0.00319. The van der Waals surface area contributed by atoms with E-state index in [0.29, 0.717) is 5.92 Å². The summed E-state index contributed by atoms with van der Waals surface area (Å²) >= 11 is 0. The Morgan fingerprint density at radius 2 is 2.29 bits per heavy atom. The summed E-state index contributed by atoms with van der Waals surface area (Å²) in [4.78, 5) is 0. The van der Waals surface area contributed by atoms with Gasteiger partial charge >= 0.3 is 0 Å². The maximum Gasteiger partial charge on any atom is 0.202 e. The van der Waals surface area contributed by atoms with E-state index in [1.807, 2.05) is 13.8 Å². The summed E-state index contributed by atoms with van der Waals surface area (Å²) in [6.07, 6.45) is 7.01. The van der Waals surface area contributed by atoms with E-state index in [1.165, 1.54) is 19.3 Å². The molecule has 0 N–H and O–H groups in total. The van der Waals surface area contributed by atoms with Crippen molar-refractivity contribution in [3.05, 3.63) is 11.8 Å². The minimum Gasteiger partial charge on any atom is -0.470 e. The summed E-state index contributed by atoms with van der Waals surface area (Å²) in [7, 11) is 0. The fraction of sp³-hybridized carbons (Fsp3) is 0.833. The van der Waals surface area contributed by atoms with Crippen LogP contribution in [0.5, 0.6) is 0 Å². The van der Waals surface area contributed by atoms with Crippen LogP contribution in [0.4, 0.5) is 0 Å². The molecule has 0 aromatic rings. The maximum absolute atomic E-state index is 5.68. The van der Waals surface area contributed by atoms with Gasteiger partial charge in [-0.1, -0.05) is 19.8 Å². The Morgan fingerprint density at radius 1 is 1.50 bits per heavy atom. The van der Waals surface area contributed by atoms with Crippen LogP contribution in [0.2, 0.25) is 0 Å². The molecule has 0 aliphatic carbocycles. The summed E-state index contributed by atoms with van der Waals surface area (Å²) in [6.45, 7) is 6.98. The molecule has 1 rings (SSSR count). The van der Waals surface area contributed by atoms with Crippen LogP contribution < -0.4 is 0 Å². The lowest BCUT2D eigenvalue weighted by molar-refractivity contribution is -0.154. The highest BCUT2D eigenvalue weighted by Gasteiger charge is 2.25. The molecule has 1 aliphatic rings. The molecule has 0 aromatic carbocycles. The molecule has 0 radical (unpaired) electrons. The van der Waals surface area contributed by atoms with Gasteiger partial charge < -0.3 is 9.47 Å². The van der Waals surface area contributed by atoms with Gasteiger partial charge in [-0.3, -0.25) is 0 Å². The fourth-order valence-corrected chi connectivity index (χ4v) is 1.81. The predicted octanol–water partition coefficient (Wildman–Crippen LogP) is 3.48. The first kappa shape index (κ1) is 11.6. The molecule has 0 saturated carbocycles. The van der Waals surface area contributed by atoms with Crippen molar-refractivity contribution in [2.45, 2.75) is 52.7 Å². The fourth-order valence-electron chi connectivity index (χ4n) is 1.81. The standard InChI is InChI=1S/C12H22O2/c1-4-6-7-11-9-8-10(3)14-12(11)13-5-2/h8,11-12H,4-7,9H2,1-3H3. The number of ether oxygens (including phenoxy) is 2. The summed E-state index contributed by atoms with van der Waals surface area (Å²) in [6, 6.07) is 0. The van der Waals surface area contributed by atoms with Crippen LogP contribution in [-0.2, 0) is 9.47 Å². The van der Waals surface area contributed by atoms with Crippen molar-refractivity contribution in [2.75, 3.05) is 6.61 Å². The Bertz CT molecular complexity index is 187. The van der Waals surface area contributed by atoms with E-state index in [2.05, 4.69) is 13.0 Å². The van der Waals surface area contributed by atoms with Gasteiger partial charge in [0.15, 0.2) is 0 Å². The monoisotopic (exact) mass is 198 g/mol. The van der Waals surface area contributed by atoms with Gasteiger partial charge in [-0.25, -0.2) is 0 Å². The van der Waals surface area contributed by atoms with E-state index < -0.39 is 0 Å². The third-order valence-electron chi connectivity index (χ3n) is 2.65. The Hall–Kier alpha value is -0.500. The molecule has 2 atom stereocenters. The van der Waals surface area contributed by atoms with E-state index in [-0.39, 0.29) is 6.29 Å². The Morgan fingerprint density at radius 3 is 2.93 bits per heavy atom. The Balaban J connectivity index is 2.44. The van der Waals surface area contributed by atoms with Gasteiger partial charge in [-0.15, -0.1) is 0 Å². The molecule has 0 saturated heterocycles. The zero-order valence-electron chi connectivity index (χ0n) is 9.58. The van der Waals surface area contributed by atoms with Gasteiger partial charge in [-0.2, -0.15) is 0 Å². The van der Waals surface area contributed by atoms with Gasteiger partial charge in [0.2, 0.25) is 6.29 Å². The van der Waals surface area contributed by atoms with Crippen molar-refractivity contribution < 1.29 is 9.47 Å². The van der Waals surface area contributed by atoms with E-state index in [0.717, 1.165) is 18.8 Å². The van der Waals surface area contributed by atoms with Crippen molar-refractivity contribution in [3.63, 3.8) is 0 Å². The van der Waals surface area contributed by atoms with Crippen LogP contribution in [0.15, 0.2) is 11.8 Å². The number of unbranched alkanes of at least 4 members (excludes halogenated alkanes) is 1. The molecule has 0 fully saturated rings. The SMILES string of the molecule is CCCCC1CC=C(C)OC1OCC. The Kier molecular flexibility index (Phi) is 5.02. The zero-order valence-corrected chi connectivity index (χ0v) is 9.58. The topological polar surface area (TPSA) is 18.5 Å². The number of rotatable bonds is 5. The third-order valence-corrected chi connectivity index (χ3v) is 2.65. The highest BCUT2D eigenvalue weighted by molar-refractivity contribution is 4.95. The Labute approximate surface area is 87.3 Å². The molecule has 0 bridgehead atoms. The van der Waals surface area contributed by atoms with Crippen molar-refractivity contribution in [2.24, 2.45) is 5.92 Å². The molecule has 1 aliphatic heterocycles. The van der Waals surface area contributed by atoms with E-state index >= 15 is 0 Å². The van der Waals surface area contributed by atoms with Crippen molar-refractivity contribution in [3.8, 4) is 0 Å². The summed E-state index contributed by atoms with van der Waals surface area (Å²) in [5.41, 5.74) is 0. The predicted molar refractivity (Wildman–Crippen MR) is 57.9 cm³/mol. The second-order valence-corrected chi connectivity index (χ2v) is 3.89. The molecule has 82 valence electrons. The average Bonchev–Trinajstić information content (AvgIpc) is 2.17. The first-order chi connectivity index (χ1) is 6.77. The van der Waals surface area contributed by atoms with Crippen LogP contribution in [-0.4, -0.2) is 12.9 Å². The molecule has 0 spiro atoms. The highest BCUT2D eigenvalue weighted by atomic mass is 16.7. The molecular weight excluding hydrogens is 176 g/mol.